The van der Waals surface area contributed by atoms with E-state index in [0.717, 1.165) is 11.4 Å². The third-order valence-electron chi connectivity index (χ3n) is 3.96. The highest BCUT2D eigenvalue weighted by Gasteiger charge is 2.12. The van der Waals surface area contributed by atoms with Gasteiger partial charge in [0, 0.05) is 34.8 Å². The summed E-state index contributed by atoms with van der Waals surface area (Å²) in [6.07, 6.45) is 3.53. The number of ketones is 1. The van der Waals surface area contributed by atoms with Crippen molar-refractivity contribution in [3.63, 3.8) is 0 Å². The number of anilines is 1. The number of rotatable bonds is 6. The van der Waals surface area contributed by atoms with E-state index in [2.05, 4.69) is 15.3 Å². The lowest BCUT2D eigenvalue weighted by molar-refractivity contribution is -0.115. The van der Waals surface area contributed by atoms with E-state index in [4.69, 9.17) is 4.74 Å². The minimum Gasteiger partial charge on any atom is -0.496 e. The number of hydrogen-bond acceptors (Lipinski definition) is 4. The van der Waals surface area contributed by atoms with Gasteiger partial charge in [-0.25, -0.2) is 4.98 Å². The first kappa shape index (κ1) is 17.4. The van der Waals surface area contributed by atoms with Crippen LogP contribution in [0.1, 0.15) is 22.8 Å². The Kier molecular flexibility index (Phi) is 5.12. The fourth-order valence-electron chi connectivity index (χ4n) is 2.68. The van der Waals surface area contributed by atoms with Gasteiger partial charge in [-0.1, -0.05) is 12.1 Å². The number of imidazole rings is 1. The van der Waals surface area contributed by atoms with Crippen LogP contribution in [0.3, 0.4) is 0 Å². The van der Waals surface area contributed by atoms with Crippen LogP contribution in [0.4, 0.5) is 5.69 Å². The molecule has 1 aromatic heterocycles. The van der Waals surface area contributed by atoms with Gasteiger partial charge in [-0.2, -0.15) is 0 Å². The fourth-order valence-corrected chi connectivity index (χ4v) is 2.68. The molecule has 0 aliphatic carbocycles. The molecular weight excluding hydrogens is 330 g/mol. The zero-order valence-corrected chi connectivity index (χ0v) is 14.6. The first-order valence-corrected chi connectivity index (χ1v) is 8.14. The van der Waals surface area contributed by atoms with Crippen LogP contribution in [-0.2, 0) is 11.2 Å². The third kappa shape index (κ3) is 3.97. The Bertz CT molecular complexity index is 933. The molecule has 2 aromatic carbocycles. The van der Waals surface area contributed by atoms with E-state index >= 15 is 0 Å². The largest absolute Gasteiger partial charge is 0.496 e. The number of H-pyrrole nitrogens is 1. The van der Waals surface area contributed by atoms with E-state index in [0.29, 0.717) is 22.6 Å². The maximum Gasteiger partial charge on any atom is 0.228 e. The number of ether oxygens (including phenoxy) is 1. The molecule has 3 aromatic rings. The summed E-state index contributed by atoms with van der Waals surface area (Å²) < 4.78 is 5.30. The molecule has 2 N–H and O–H groups in total. The van der Waals surface area contributed by atoms with Crippen LogP contribution in [0, 0.1) is 0 Å². The average Bonchev–Trinajstić information content (AvgIpc) is 3.16. The van der Waals surface area contributed by atoms with Crippen molar-refractivity contribution < 1.29 is 14.3 Å². The lowest BCUT2D eigenvalue weighted by Crippen LogP contribution is -2.15. The predicted octanol–water partition coefficient (Wildman–Crippen LogP) is 3.47. The molecule has 0 radical (unpaired) electrons. The summed E-state index contributed by atoms with van der Waals surface area (Å²) in [4.78, 5) is 31.3. The number of hydrogen-bond donors (Lipinski definition) is 2. The Labute approximate surface area is 151 Å². The molecule has 3 rings (SSSR count). The molecule has 0 atom stereocenters. The molecule has 0 aliphatic rings. The molecular formula is C20H19N3O3. The Hall–Kier alpha value is -3.41. The Morgan fingerprint density at radius 2 is 2.04 bits per heavy atom. The second-order valence-electron chi connectivity index (χ2n) is 5.83. The summed E-state index contributed by atoms with van der Waals surface area (Å²) in [7, 11) is 1.54. The van der Waals surface area contributed by atoms with Gasteiger partial charge in [0.2, 0.25) is 5.91 Å². The van der Waals surface area contributed by atoms with Crippen LogP contribution in [0.5, 0.6) is 5.75 Å². The Morgan fingerprint density at radius 1 is 1.19 bits per heavy atom. The molecule has 0 aliphatic heterocycles. The van der Waals surface area contributed by atoms with Gasteiger partial charge >= 0.3 is 0 Å². The second kappa shape index (κ2) is 7.65. The number of Topliss-reactive ketones (excluding diaryl/α,β-unsaturated/α-hetero) is 1. The summed E-state index contributed by atoms with van der Waals surface area (Å²) in [5.74, 6) is 1.06. The number of amides is 1. The highest BCUT2D eigenvalue weighted by atomic mass is 16.5. The zero-order chi connectivity index (χ0) is 18.5. The Morgan fingerprint density at radius 3 is 2.73 bits per heavy atom. The van der Waals surface area contributed by atoms with Crippen molar-refractivity contribution in [2.75, 3.05) is 12.4 Å². The quantitative estimate of drug-likeness (QED) is 0.668. The highest BCUT2D eigenvalue weighted by Crippen LogP contribution is 2.22. The minimum absolute atomic E-state index is 0.0551. The van der Waals surface area contributed by atoms with Crippen molar-refractivity contribution in [1.29, 1.82) is 0 Å². The van der Waals surface area contributed by atoms with Crippen molar-refractivity contribution in [3.05, 3.63) is 66.0 Å². The van der Waals surface area contributed by atoms with Gasteiger partial charge in [0.1, 0.15) is 11.6 Å². The molecule has 0 fully saturated rings. The summed E-state index contributed by atoms with van der Waals surface area (Å²) in [6, 6.07) is 12.5. The predicted molar refractivity (Wildman–Crippen MR) is 99.4 cm³/mol. The molecule has 0 saturated heterocycles. The molecule has 0 bridgehead atoms. The molecule has 6 heteroatoms. The average molecular weight is 349 g/mol. The van der Waals surface area contributed by atoms with Crippen molar-refractivity contribution in [1.82, 2.24) is 9.97 Å². The SMILES string of the molecule is COc1ccc(C(C)=O)cc1CC(=O)Nc1cccc(-c2ncc[nH]2)c1. The van der Waals surface area contributed by atoms with Gasteiger partial charge in [-0.3, -0.25) is 9.59 Å². The number of aromatic amines is 1. The van der Waals surface area contributed by atoms with Crippen molar-refractivity contribution in [2.45, 2.75) is 13.3 Å². The van der Waals surface area contributed by atoms with Crippen LogP contribution < -0.4 is 10.1 Å². The first-order chi connectivity index (χ1) is 12.6. The summed E-state index contributed by atoms with van der Waals surface area (Å²) >= 11 is 0. The maximum absolute atomic E-state index is 12.5. The minimum atomic E-state index is -0.194. The van der Waals surface area contributed by atoms with Gasteiger partial charge in [-0.15, -0.1) is 0 Å². The summed E-state index contributed by atoms with van der Waals surface area (Å²) in [6.45, 7) is 1.49. The van der Waals surface area contributed by atoms with Gasteiger partial charge < -0.3 is 15.0 Å². The fraction of sp³-hybridized carbons (Fsp3) is 0.150. The van der Waals surface area contributed by atoms with Crippen LogP contribution in [0.2, 0.25) is 0 Å². The van der Waals surface area contributed by atoms with Gasteiger partial charge in [0.15, 0.2) is 5.78 Å². The van der Waals surface area contributed by atoms with E-state index in [1.54, 1.807) is 30.6 Å². The molecule has 1 heterocycles. The number of nitrogens with one attached hydrogen (secondary N) is 2. The topological polar surface area (TPSA) is 84.1 Å². The van der Waals surface area contributed by atoms with Gasteiger partial charge in [0.05, 0.1) is 13.5 Å². The third-order valence-corrected chi connectivity index (χ3v) is 3.96. The van der Waals surface area contributed by atoms with Crippen LogP contribution in [-0.4, -0.2) is 28.8 Å². The number of nitrogens with zero attached hydrogens (tertiary/aromatic N) is 1. The van der Waals surface area contributed by atoms with Crippen LogP contribution in [0.25, 0.3) is 11.4 Å². The number of methoxy groups -OCH3 is 1. The molecule has 26 heavy (non-hydrogen) atoms. The molecule has 0 spiro atoms. The lowest BCUT2D eigenvalue weighted by Gasteiger charge is -2.11. The highest BCUT2D eigenvalue weighted by molar-refractivity contribution is 5.96. The zero-order valence-electron chi connectivity index (χ0n) is 14.6. The maximum atomic E-state index is 12.5. The van der Waals surface area contributed by atoms with Crippen LogP contribution >= 0.6 is 0 Å². The normalized spacial score (nSPS) is 10.4. The molecule has 6 nitrogen and oxygen atoms in total. The number of aromatic nitrogens is 2. The van der Waals surface area contributed by atoms with Crippen molar-refractivity contribution in [2.24, 2.45) is 0 Å². The molecule has 0 unspecified atom stereocenters. The molecule has 1 amide bonds. The van der Waals surface area contributed by atoms with E-state index in [1.807, 2.05) is 24.3 Å². The van der Waals surface area contributed by atoms with Crippen molar-refractivity contribution >= 4 is 17.4 Å². The van der Waals surface area contributed by atoms with Crippen molar-refractivity contribution in [3.8, 4) is 17.1 Å². The lowest BCUT2D eigenvalue weighted by atomic mass is 10.0. The Balaban J connectivity index is 1.76. The number of carbonyl (C=O) groups is 2. The molecule has 132 valence electrons. The van der Waals surface area contributed by atoms with E-state index in [1.165, 1.54) is 14.0 Å². The first-order valence-electron chi connectivity index (χ1n) is 8.14. The number of benzene rings is 2. The van der Waals surface area contributed by atoms with E-state index in [9.17, 15) is 9.59 Å². The second-order valence-corrected chi connectivity index (χ2v) is 5.83. The van der Waals surface area contributed by atoms with E-state index in [-0.39, 0.29) is 18.1 Å². The monoisotopic (exact) mass is 349 g/mol. The number of carbonyl (C=O) groups excluding carboxylic acids is 2. The van der Waals surface area contributed by atoms with Crippen LogP contribution in [0.15, 0.2) is 54.9 Å². The summed E-state index contributed by atoms with van der Waals surface area (Å²) in [5, 5.41) is 2.87. The van der Waals surface area contributed by atoms with E-state index < -0.39 is 0 Å². The molecule has 0 saturated carbocycles. The van der Waals surface area contributed by atoms with Gasteiger partial charge in [-0.05, 0) is 37.3 Å². The van der Waals surface area contributed by atoms with Gasteiger partial charge in [0.25, 0.3) is 0 Å². The standard InChI is InChI=1S/C20H19N3O3/c1-13(24)14-6-7-18(26-2)16(10-14)12-19(25)23-17-5-3-4-15(11-17)20-21-8-9-22-20/h3-11H,12H2,1-2H3,(H,21,22)(H,23,25). The smallest absolute Gasteiger partial charge is 0.228 e. The summed E-state index contributed by atoms with van der Waals surface area (Å²) in [5.41, 5.74) is 2.77.